The first-order valence-corrected chi connectivity index (χ1v) is 8.95. The lowest BCUT2D eigenvalue weighted by atomic mass is 9.88. The van der Waals surface area contributed by atoms with E-state index in [1.165, 1.54) is 0 Å². The Labute approximate surface area is 137 Å². The van der Waals surface area contributed by atoms with Crippen LogP contribution in [0.5, 0.6) is 0 Å². The van der Waals surface area contributed by atoms with E-state index in [2.05, 4.69) is 20.8 Å². The quantitative estimate of drug-likeness (QED) is 0.850. The van der Waals surface area contributed by atoms with Gasteiger partial charge >= 0.3 is 0 Å². The van der Waals surface area contributed by atoms with E-state index >= 15 is 0 Å². The molecule has 2 aliphatic heterocycles. The lowest BCUT2D eigenvalue weighted by Crippen LogP contribution is -2.38. The number of hydrogen-bond donors (Lipinski definition) is 1. The summed E-state index contributed by atoms with van der Waals surface area (Å²) in [7, 11) is 1.90. The Bertz CT molecular complexity index is 294. The second-order valence-electron chi connectivity index (χ2n) is 6.42. The van der Waals surface area contributed by atoms with Crippen molar-refractivity contribution >= 4 is 5.91 Å². The van der Waals surface area contributed by atoms with Crippen molar-refractivity contribution in [1.82, 2.24) is 4.90 Å². The van der Waals surface area contributed by atoms with Gasteiger partial charge in [-0.3, -0.25) is 4.79 Å². The van der Waals surface area contributed by atoms with Gasteiger partial charge in [0.05, 0.1) is 12.7 Å². The van der Waals surface area contributed by atoms with Crippen LogP contribution in [0, 0.1) is 17.8 Å². The monoisotopic (exact) mass is 315 g/mol. The van der Waals surface area contributed by atoms with E-state index in [-0.39, 0.29) is 6.10 Å². The van der Waals surface area contributed by atoms with Crippen LogP contribution in [-0.2, 0) is 9.53 Å². The minimum atomic E-state index is -0.205. The van der Waals surface area contributed by atoms with Crippen LogP contribution in [0.3, 0.4) is 0 Å². The third-order valence-electron chi connectivity index (χ3n) is 4.60. The minimum absolute atomic E-state index is 0.205. The molecule has 0 spiro atoms. The topological polar surface area (TPSA) is 49.8 Å². The number of amides is 1. The highest BCUT2D eigenvalue weighted by atomic mass is 16.5. The van der Waals surface area contributed by atoms with Gasteiger partial charge in [0.15, 0.2) is 0 Å². The number of likely N-dealkylation sites (tertiary alicyclic amines) is 1. The summed E-state index contributed by atoms with van der Waals surface area (Å²) in [5.41, 5.74) is 0. The summed E-state index contributed by atoms with van der Waals surface area (Å²) in [5, 5.41) is 9.24. The molecule has 0 saturated carbocycles. The molecule has 3 atom stereocenters. The molecule has 2 saturated heterocycles. The van der Waals surface area contributed by atoms with Gasteiger partial charge in [-0.1, -0.05) is 41.0 Å². The molecular weight excluding hydrogens is 278 g/mol. The van der Waals surface area contributed by atoms with Gasteiger partial charge in [0.25, 0.3) is 0 Å². The lowest BCUT2D eigenvalue weighted by Gasteiger charge is -2.31. The first kappa shape index (κ1) is 21.4. The maximum Gasteiger partial charge on any atom is 0.222 e. The van der Waals surface area contributed by atoms with Gasteiger partial charge in [-0.15, -0.1) is 0 Å². The number of carbonyl (C=O) groups is 1. The molecule has 3 unspecified atom stereocenters. The fraction of sp³-hybridized carbons (Fsp3) is 0.944. The van der Waals surface area contributed by atoms with E-state index < -0.39 is 0 Å². The Morgan fingerprint density at radius 1 is 1.32 bits per heavy atom. The van der Waals surface area contributed by atoms with Gasteiger partial charge in [0.1, 0.15) is 0 Å². The highest BCUT2D eigenvalue weighted by Gasteiger charge is 2.24. The number of hydrogen-bond acceptors (Lipinski definition) is 3. The van der Waals surface area contributed by atoms with E-state index in [1.807, 2.05) is 25.8 Å². The van der Waals surface area contributed by atoms with E-state index in [4.69, 9.17) is 4.74 Å². The lowest BCUT2D eigenvalue weighted by molar-refractivity contribution is -0.133. The molecular formula is C18H37NO3. The molecule has 0 aromatic heterocycles. The van der Waals surface area contributed by atoms with Crippen LogP contribution in [0.4, 0.5) is 0 Å². The van der Waals surface area contributed by atoms with Crippen LogP contribution in [0.2, 0.25) is 0 Å². The van der Waals surface area contributed by atoms with Gasteiger partial charge in [-0.05, 0) is 30.6 Å². The number of carbonyl (C=O) groups excluding carboxylic acids is 1. The SMILES string of the molecule is CC.CC(C)C1CCC(=O)N(C)C1.CCC1CCOCC1O. The summed E-state index contributed by atoms with van der Waals surface area (Å²) in [6.07, 6.45) is 3.73. The summed E-state index contributed by atoms with van der Waals surface area (Å²) in [5.74, 6) is 2.23. The van der Waals surface area contributed by atoms with Crippen molar-refractivity contribution in [2.24, 2.45) is 17.8 Å². The zero-order valence-electron chi connectivity index (χ0n) is 15.5. The zero-order chi connectivity index (χ0) is 17.1. The Hall–Kier alpha value is -0.610. The minimum Gasteiger partial charge on any atom is -0.390 e. The maximum atomic E-state index is 11.1. The number of aliphatic hydroxyl groups excluding tert-OH is 1. The molecule has 2 fully saturated rings. The van der Waals surface area contributed by atoms with Crippen molar-refractivity contribution in [2.75, 3.05) is 26.8 Å². The number of ether oxygens (including phenoxy) is 1. The van der Waals surface area contributed by atoms with Crippen LogP contribution >= 0.6 is 0 Å². The predicted molar refractivity (Wildman–Crippen MR) is 91.8 cm³/mol. The van der Waals surface area contributed by atoms with E-state index in [9.17, 15) is 9.90 Å². The van der Waals surface area contributed by atoms with Gasteiger partial charge in [0, 0.05) is 26.6 Å². The number of aliphatic hydroxyl groups is 1. The Kier molecular flexibility index (Phi) is 11.6. The number of nitrogens with zero attached hydrogens (tertiary/aromatic N) is 1. The molecule has 0 aliphatic carbocycles. The molecule has 0 bridgehead atoms. The van der Waals surface area contributed by atoms with Crippen LogP contribution in [-0.4, -0.2) is 48.8 Å². The van der Waals surface area contributed by atoms with Crippen molar-refractivity contribution in [3.8, 4) is 0 Å². The van der Waals surface area contributed by atoms with Crippen molar-refractivity contribution in [1.29, 1.82) is 0 Å². The molecule has 2 aliphatic rings. The average Bonchev–Trinajstić information content (AvgIpc) is 2.53. The molecule has 4 heteroatoms. The zero-order valence-corrected chi connectivity index (χ0v) is 15.5. The summed E-state index contributed by atoms with van der Waals surface area (Å²) >= 11 is 0. The summed E-state index contributed by atoms with van der Waals surface area (Å²) < 4.78 is 5.06. The smallest absolute Gasteiger partial charge is 0.222 e. The van der Waals surface area contributed by atoms with Crippen molar-refractivity contribution < 1.29 is 14.6 Å². The van der Waals surface area contributed by atoms with Gasteiger partial charge in [-0.2, -0.15) is 0 Å². The van der Waals surface area contributed by atoms with Crippen molar-refractivity contribution in [3.05, 3.63) is 0 Å². The molecule has 22 heavy (non-hydrogen) atoms. The largest absolute Gasteiger partial charge is 0.390 e. The second kappa shape index (κ2) is 11.9. The highest BCUT2D eigenvalue weighted by Crippen LogP contribution is 2.22. The van der Waals surface area contributed by atoms with E-state index in [1.54, 1.807) is 0 Å². The fourth-order valence-corrected chi connectivity index (χ4v) is 2.83. The molecule has 1 N–H and O–H groups in total. The first-order valence-electron chi connectivity index (χ1n) is 8.95. The molecule has 0 aromatic carbocycles. The average molecular weight is 315 g/mol. The van der Waals surface area contributed by atoms with Crippen molar-refractivity contribution in [3.63, 3.8) is 0 Å². The summed E-state index contributed by atoms with van der Waals surface area (Å²) in [6, 6.07) is 0. The normalized spacial score (nSPS) is 28.5. The van der Waals surface area contributed by atoms with Gasteiger partial charge < -0.3 is 14.7 Å². The van der Waals surface area contributed by atoms with Gasteiger partial charge in [0.2, 0.25) is 5.91 Å². The first-order chi connectivity index (χ1) is 10.5. The Morgan fingerprint density at radius 3 is 2.36 bits per heavy atom. The molecule has 4 nitrogen and oxygen atoms in total. The van der Waals surface area contributed by atoms with Crippen LogP contribution < -0.4 is 0 Å². The Balaban J connectivity index is 0.000000366. The molecule has 2 rings (SSSR count). The molecule has 0 radical (unpaired) electrons. The van der Waals surface area contributed by atoms with Crippen molar-refractivity contribution in [2.45, 2.75) is 66.4 Å². The summed E-state index contributed by atoms with van der Waals surface area (Å²) in [4.78, 5) is 12.9. The molecule has 132 valence electrons. The highest BCUT2D eigenvalue weighted by molar-refractivity contribution is 5.76. The third-order valence-corrected chi connectivity index (χ3v) is 4.60. The summed E-state index contributed by atoms with van der Waals surface area (Å²) in [6.45, 7) is 12.9. The Morgan fingerprint density at radius 2 is 1.95 bits per heavy atom. The van der Waals surface area contributed by atoms with Crippen LogP contribution in [0.1, 0.15) is 60.3 Å². The maximum absolute atomic E-state index is 11.1. The van der Waals surface area contributed by atoms with E-state index in [0.717, 1.165) is 44.8 Å². The third kappa shape index (κ3) is 7.59. The standard InChI is InChI=1S/C9H17NO.C7H14O2.C2H6/c1-7(2)8-4-5-9(11)10(3)6-8;1-2-6-3-4-9-5-7(6)8;1-2/h7-8H,4-6H2,1-3H3;6-8H,2-5H2,1H3;1-2H3. The molecule has 0 aromatic rings. The molecule has 1 amide bonds. The second-order valence-corrected chi connectivity index (χ2v) is 6.42. The fourth-order valence-electron chi connectivity index (χ4n) is 2.83. The van der Waals surface area contributed by atoms with Crippen LogP contribution in [0.25, 0.3) is 0 Å². The molecule has 2 heterocycles. The number of piperidine rings is 1. The predicted octanol–water partition coefficient (Wildman–Crippen LogP) is 3.33. The van der Waals surface area contributed by atoms with Gasteiger partial charge in [-0.25, -0.2) is 0 Å². The van der Waals surface area contributed by atoms with E-state index in [0.29, 0.717) is 24.3 Å². The van der Waals surface area contributed by atoms with Crippen LogP contribution in [0.15, 0.2) is 0 Å². The number of rotatable bonds is 2.